The Bertz CT molecular complexity index is 1230. The normalized spacial score (nSPS) is 13.7. The van der Waals surface area contributed by atoms with Gasteiger partial charge in [0.05, 0.1) is 5.56 Å². The van der Waals surface area contributed by atoms with Crippen LogP contribution >= 0.6 is 11.3 Å². The highest BCUT2D eigenvalue weighted by molar-refractivity contribution is 7.20. The maximum atomic E-state index is 13.9. The first-order valence-corrected chi connectivity index (χ1v) is 13.5. The van der Waals surface area contributed by atoms with Crippen LogP contribution in [0.2, 0.25) is 0 Å². The molecule has 38 heavy (non-hydrogen) atoms. The van der Waals surface area contributed by atoms with Gasteiger partial charge in [0.25, 0.3) is 5.91 Å². The van der Waals surface area contributed by atoms with Crippen molar-refractivity contribution >= 4 is 34.4 Å². The van der Waals surface area contributed by atoms with Crippen LogP contribution in [0.3, 0.4) is 0 Å². The third kappa shape index (κ3) is 7.92. The Hall–Kier alpha value is -3.65. The molecule has 2 aromatic carbocycles. The molecule has 0 saturated heterocycles. The summed E-state index contributed by atoms with van der Waals surface area (Å²) in [6, 6.07) is 19.6. The van der Waals surface area contributed by atoms with Gasteiger partial charge in [0, 0.05) is 16.5 Å². The number of carbonyl (C=O) groups is 3. The second-order valence-electron chi connectivity index (χ2n) is 10.3. The number of aryl methyl sites for hydroxylation is 1. The first-order valence-electron chi connectivity index (χ1n) is 12.7. The van der Waals surface area contributed by atoms with Crippen molar-refractivity contribution in [2.45, 2.75) is 71.4 Å². The first-order chi connectivity index (χ1) is 18.0. The van der Waals surface area contributed by atoms with Gasteiger partial charge in [0.15, 0.2) is 0 Å². The van der Waals surface area contributed by atoms with Crippen LogP contribution in [0.15, 0.2) is 60.7 Å². The van der Waals surface area contributed by atoms with Crippen LogP contribution in [0.4, 0.5) is 9.80 Å². The molecule has 0 unspecified atom stereocenters. The summed E-state index contributed by atoms with van der Waals surface area (Å²) in [7, 11) is 0. The van der Waals surface area contributed by atoms with Crippen LogP contribution in [-0.2, 0) is 4.74 Å². The van der Waals surface area contributed by atoms with Gasteiger partial charge in [-0.2, -0.15) is 0 Å². The molecule has 0 atom stereocenters. The van der Waals surface area contributed by atoms with Crippen molar-refractivity contribution in [1.29, 1.82) is 0 Å². The molecule has 3 aromatic rings. The van der Waals surface area contributed by atoms with E-state index < -0.39 is 17.7 Å². The molecule has 1 aromatic heterocycles. The number of hydrogen-bond acceptors (Lipinski definition) is 5. The third-order valence-corrected chi connectivity index (χ3v) is 7.25. The predicted molar refractivity (Wildman–Crippen MR) is 150 cm³/mol. The third-order valence-electron chi connectivity index (χ3n) is 6.07. The smallest absolute Gasteiger partial charge is 0.456 e. The standard InChI is InChI=1S/C29H33NO3S.CH2O3/c1-20-15-17-22(18-16-20)26(31)30(23-13-9-6-10-14-23)27-24(28(32)33-29(2,3)4)19-25(34-27)21-11-7-5-8-12-21;2-1(3)4/h5,7-8,11-12,15-19,23H,6,9-10,13-14H2,1-4H3;(H2,2,3,4). The van der Waals surface area contributed by atoms with Crippen molar-refractivity contribution in [3.05, 3.63) is 77.4 Å². The number of hydrogen-bond donors (Lipinski definition) is 2. The lowest BCUT2D eigenvalue weighted by Gasteiger charge is -2.34. The summed E-state index contributed by atoms with van der Waals surface area (Å²) in [4.78, 5) is 38.7. The van der Waals surface area contributed by atoms with Crippen molar-refractivity contribution in [2.75, 3.05) is 4.90 Å². The first kappa shape index (κ1) is 28.9. The van der Waals surface area contributed by atoms with Gasteiger partial charge < -0.3 is 14.9 Å². The van der Waals surface area contributed by atoms with Gasteiger partial charge in [-0.1, -0.05) is 67.3 Å². The molecule has 7 nitrogen and oxygen atoms in total. The van der Waals surface area contributed by atoms with E-state index in [2.05, 4.69) is 0 Å². The number of ether oxygens (including phenoxy) is 1. The SMILES string of the molecule is Cc1ccc(C(=O)N(c2sc(-c3ccccc3)cc2C(=O)OC(C)(C)C)C2CCCCC2)cc1.O=C(O)O. The summed E-state index contributed by atoms with van der Waals surface area (Å²) in [5.74, 6) is -0.448. The van der Waals surface area contributed by atoms with Crippen LogP contribution in [-0.4, -0.2) is 39.9 Å². The van der Waals surface area contributed by atoms with E-state index in [0.717, 1.165) is 41.7 Å². The number of carbonyl (C=O) groups excluding carboxylic acids is 2. The van der Waals surface area contributed by atoms with E-state index >= 15 is 0 Å². The summed E-state index contributed by atoms with van der Waals surface area (Å²) < 4.78 is 5.78. The van der Waals surface area contributed by atoms with Crippen molar-refractivity contribution < 1.29 is 29.3 Å². The molecule has 0 radical (unpaired) electrons. The number of anilines is 1. The molecule has 0 spiro atoms. The molecule has 0 aliphatic heterocycles. The Morgan fingerprint density at radius 2 is 1.50 bits per heavy atom. The number of amides is 1. The Labute approximate surface area is 227 Å². The average Bonchev–Trinajstić information content (AvgIpc) is 3.30. The maximum Gasteiger partial charge on any atom is 0.503 e. The summed E-state index contributed by atoms with van der Waals surface area (Å²) in [6.45, 7) is 7.61. The average molecular weight is 538 g/mol. The van der Waals surface area contributed by atoms with E-state index in [1.165, 1.54) is 17.8 Å². The Morgan fingerprint density at radius 1 is 0.921 bits per heavy atom. The van der Waals surface area contributed by atoms with Gasteiger partial charge >= 0.3 is 12.1 Å². The van der Waals surface area contributed by atoms with Crippen LogP contribution < -0.4 is 4.90 Å². The largest absolute Gasteiger partial charge is 0.503 e. The second-order valence-corrected chi connectivity index (χ2v) is 11.3. The van der Waals surface area contributed by atoms with Gasteiger partial charge in [0.2, 0.25) is 0 Å². The van der Waals surface area contributed by atoms with Gasteiger partial charge in [-0.05, 0) is 64.3 Å². The molecule has 1 heterocycles. The van der Waals surface area contributed by atoms with Gasteiger partial charge in [-0.3, -0.25) is 9.69 Å². The summed E-state index contributed by atoms with van der Waals surface area (Å²) >= 11 is 1.50. The molecular weight excluding hydrogens is 502 g/mol. The monoisotopic (exact) mass is 537 g/mol. The summed E-state index contributed by atoms with van der Waals surface area (Å²) in [5.41, 5.74) is 2.61. The summed E-state index contributed by atoms with van der Waals surface area (Å²) in [6.07, 6.45) is 3.39. The maximum absolute atomic E-state index is 13.9. The fourth-order valence-electron chi connectivity index (χ4n) is 4.38. The minimum absolute atomic E-state index is 0.0572. The molecule has 2 N–H and O–H groups in total. The van der Waals surface area contributed by atoms with Crippen LogP contribution in [0.5, 0.6) is 0 Å². The number of benzene rings is 2. The molecule has 0 bridgehead atoms. The molecule has 202 valence electrons. The molecule has 1 aliphatic rings. The van der Waals surface area contributed by atoms with Crippen molar-refractivity contribution in [2.24, 2.45) is 0 Å². The van der Waals surface area contributed by atoms with Crippen molar-refractivity contribution in [3.8, 4) is 10.4 Å². The Kier molecular flexibility index (Phi) is 9.69. The highest BCUT2D eigenvalue weighted by Crippen LogP contribution is 2.42. The van der Waals surface area contributed by atoms with E-state index in [-0.39, 0.29) is 11.9 Å². The molecule has 1 fully saturated rings. The van der Waals surface area contributed by atoms with Crippen molar-refractivity contribution in [3.63, 3.8) is 0 Å². The van der Waals surface area contributed by atoms with Crippen LogP contribution in [0.25, 0.3) is 10.4 Å². The number of nitrogens with zero attached hydrogens (tertiary/aromatic N) is 1. The second kappa shape index (κ2) is 12.7. The predicted octanol–water partition coefficient (Wildman–Crippen LogP) is 7.88. The zero-order valence-corrected chi connectivity index (χ0v) is 23.1. The molecule has 1 saturated carbocycles. The molecule has 1 amide bonds. The topological polar surface area (TPSA) is 104 Å². The van der Waals surface area contributed by atoms with Crippen LogP contribution in [0.1, 0.15) is 79.2 Å². The fourth-order valence-corrected chi connectivity index (χ4v) is 5.60. The Morgan fingerprint density at radius 3 is 2.05 bits per heavy atom. The quantitative estimate of drug-likeness (QED) is 0.321. The number of esters is 1. The zero-order chi connectivity index (χ0) is 27.9. The lowest BCUT2D eigenvalue weighted by atomic mass is 9.93. The van der Waals surface area contributed by atoms with E-state index in [1.807, 2.05) is 93.3 Å². The van der Waals surface area contributed by atoms with Crippen molar-refractivity contribution in [1.82, 2.24) is 0 Å². The van der Waals surface area contributed by atoms with Crippen LogP contribution in [0, 0.1) is 6.92 Å². The fraction of sp³-hybridized carbons (Fsp3) is 0.367. The molecule has 4 rings (SSSR count). The molecular formula is C30H35NO6S. The lowest BCUT2D eigenvalue weighted by Crippen LogP contribution is -2.42. The minimum Gasteiger partial charge on any atom is -0.456 e. The van der Waals surface area contributed by atoms with Gasteiger partial charge in [0.1, 0.15) is 10.6 Å². The van der Waals surface area contributed by atoms with Gasteiger partial charge in [-0.15, -0.1) is 11.3 Å². The number of thiophene rings is 1. The highest BCUT2D eigenvalue weighted by Gasteiger charge is 2.34. The van der Waals surface area contributed by atoms with E-state index in [0.29, 0.717) is 16.1 Å². The Balaban J connectivity index is 0.000000934. The van der Waals surface area contributed by atoms with E-state index in [9.17, 15) is 9.59 Å². The molecule has 1 aliphatic carbocycles. The summed E-state index contributed by atoms with van der Waals surface area (Å²) in [5, 5.41) is 14.6. The lowest BCUT2D eigenvalue weighted by molar-refractivity contribution is 0.00707. The number of carboxylic acid groups (broad SMARTS) is 2. The number of rotatable bonds is 5. The van der Waals surface area contributed by atoms with Gasteiger partial charge in [-0.25, -0.2) is 9.59 Å². The van der Waals surface area contributed by atoms with E-state index in [1.54, 1.807) is 0 Å². The zero-order valence-electron chi connectivity index (χ0n) is 22.3. The van der Waals surface area contributed by atoms with E-state index in [4.69, 9.17) is 19.7 Å². The minimum atomic E-state index is -1.83. The molecule has 8 heteroatoms. The highest BCUT2D eigenvalue weighted by atomic mass is 32.1.